The van der Waals surface area contributed by atoms with Crippen molar-refractivity contribution in [2.45, 2.75) is 11.6 Å². The standard InChI is InChI=1S/C13H12ClFN2O2S/c1-20(18,19)12-6-5-10(8-17-12)16-7-9-3-2-4-11(14)13(9)15/h2-6,8,16H,7H2,1H3. The van der Waals surface area contributed by atoms with E-state index >= 15 is 0 Å². The molecule has 106 valence electrons. The van der Waals surface area contributed by atoms with Crippen molar-refractivity contribution in [1.29, 1.82) is 0 Å². The Morgan fingerprint density at radius 1 is 1.30 bits per heavy atom. The van der Waals surface area contributed by atoms with Crippen LogP contribution in [0.3, 0.4) is 0 Å². The van der Waals surface area contributed by atoms with E-state index in [0.717, 1.165) is 6.26 Å². The first kappa shape index (κ1) is 14.7. The molecule has 0 saturated heterocycles. The van der Waals surface area contributed by atoms with Gasteiger partial charge in [-0.3, -0.25) is 0 Å². The summed E-state index contributed by atoms with van der Waals surface area (Å²) < 4.78 is 36.2. The van der Waals surface area contributed by atoms with Crippen LogP contribution < -0.4 is 5.32 Å². The maximum Gasteiger partial charge on any atom is 0.192 e. The zero-order chi connectivity index (χ0) is 14.8. The van der Waals surface area contributed by atoms with E-state index in [9.17, 15) is 12.8 Å². The number of anilines is 1. The lowest BCUT2D eigenvalue weighted by Gasteiger charge is -2.08. The minimum absolute atomic E-state index is 0.00279. The molecule has 0 aliphatic carbocycles. The van der Waals surface area contributed by atoms with Crippen molar-refractivity contribution in [3.8, 4) is 0 Å². The lowest BCUT2D eigenvalue weighted by Crippen LogP contribution is -2.04. The molecule has 0 amide bonds. The van der Waals surface area contributed by atoms with Crippen molar-refractivity contribution in [2.24, 2.45) is 0 Å². The van der Waals surface area contributed by atoms with E-state index < -0.39 is 15.7 Å². The van der Waals surface area contributed by atoms with Crippen LogP contribution in [0.1, 0.15) is 5.56 Å². The van der Waals surface area contributed by atoms with E-state index in [4.69, 9.17) is 11.6 Å². The van der Waals surface area contributed by atoms with Crippen LogP contribution in [0.25, 0.3) is 0 Å². The molecule has 2 aromatic rings. The maximum atomic E-state index is 13.7. The molecule has 1 N–H and O–H groups in total. The zero-order valence-corrected chi connectivity index (χ0v) is 12.2. The Balaban J connectivity index is 2.10. The van der Waals surface area contributed by atoms with Gasteiger partial charge in [0, 0.05) is 18.4 Å². The van der Waals surface area contributed by atoms with Crippen LogP contribution >= 0.6 is 11.6 Å². The van der Waals surface area contributed by atoms with Gasteiger partial charge in [-0.15, -0.1) is 0 Å². The summed E-state index contributed by atoms with van der Waals surface area (Å²) >= 11 is 5.68. The lowest BCUT2D eigenvalue weighted by molar-refractivity contribution is 0.598. The molecule has 1 aromatic heterocycles. The van der Waals surface area contributed by atoms with E-state index in [1.165, 1.54) is 18.3 Å². The van der Waals surface area contributed by atoms with Crippen molar-refractivity contribution >= 4 is 27.1 Å². The van der Waals surface area contributed by atoms with Crippen molar-refractivity contribution in [2.75, 3.05) is 11.6 Å². The number of aromatic nitrogens is 1. The SMILES string of the molecule is CS(=O)(=O)c1ccc(NCc2cccc(Cl)c2F)cn1. The fraction of sp³-hybridized carbons (Fsp3) is 0.154. The Labute approximate surface area is 121 Å². The number of rotatable bonds is 4. The summed E-state index contributed by atoms with van der Waals surface area (Å²) in [5.74, 6) is -0.470. The van der Waals surface area contributed by atoms with E-state index in [1.54, 1.807) is 18.2 Å². The Morgan fingerprint density at radius 3 is 2.65 bits per heavy atom. The molecule has 4 nitrogen and oxygen atoms in total. The fourth-order valence-corrected chi connectivity index (χ4v) is 2.34. The molecule has 0 atom stereocenters. The second-order valence-electron chi connectivity index (χ2n) is 4.22. The molecule has 0 bridgehead atoms. The van der Waals surface area contributed by atoms with Gasteiger partial charge in [0.1, 0.15) is 5.82 Å². The third-order valence-corrected chi connectivity index (χ3v) is 3.92. The highest BCUT2D eigenvalue weighted by Gasteiger charge is 2.09. The molecular weight excluding hydrogens is 303 g/mol. The van der Waals surface area contributed by atoms with Gasteiger partial charge in [0.2, 0.25) is 0 Å². The summed E-state index contributed by atoms with van der Waals surface area (Å²) in [6.07, 6.45) is 2.47. The molecular formula is C13H12ClFN2O2S. The predicted molar refractivity (Wildman–Crippen MR) is 76.1 cm³/mol. The summed E-state index contributed by atoms with van der Waals surface area (Å²) in [5.41, 5.74) is 1.02. The molecule has 1 heterocycles. The highest BCUT2D eigenvalue weighted by atomic mass is 35.5. The van der Waals surface area contributed by atoms with E-state index in [2.05, 4.69) is 10.3 Å². The van der Waals surface area contributed by atoms with Gasteiger partial charge in [0.15, 0.2) is 14.9 Å². The van der Waals surface area contributed by atoms with Crippen LogP contribution in [0.5, 0.6) is 0 Å². The lowest BCUT2D eigenvalue weighted by atomic mass is 10.2. The average molecular weight is 315 g/mol. The van der Waals surface area contributed by atoms with Gasteiger partial charge >= 0.3 is 0 Å². The van der Waals surface area contributed by atoms with Crippen LogP contribution in [0, 0.1) is 5.82 Å². The van der Waals surface area contributed by atoms with Crippen LogP contribution in [0.4, 0.5) is 10.1 Å². The van der Waals surface area contributed by atoms with Crippen molar-refractivity contribution in [3.05, 3.63) is 52.9 Å². The molecule has 0 fully saturated rings. The minimum atomic E-state index is -3.32. The molecule has 2 rings (SSSR count). The van der Waals surface area contributed by atoms with Crippen molar-refractivity contribution in [1.82, 2.24) is 4.98 Å². The smallest absolute Gasteiger partial charge is 0.192 e. The number of benzene rings is 1. The Morgan fingerprint density at radius 2 is 2.05 bits per heavy atom. The average Bonchev–Trinajstić information content (AvgIpc) is 2.40. The summed E-state index contributed by atoms with van der Waals surface area (Å²) in [7, 11) is -3.32. The normalized spacial score (nSPS) is 11.3. The van der Waals surface area contributed by atoms with Gasteiger partial charge in [0.25, 0.3) is 0 Å². The molecule has 0 spiro atoms. The van der Waals surface area contributed by atoms with Crippen molar-refractivity contribution < 1.29 is 12.8 Å². The molecule has 20 heavy (non-hydrogen) atoms. The molecule has 0 aliphatic rings. The third kappa shape index (κ3) is 3.46. The predicted octanol–water partition coefficient (Wildman–Crippen LogP) is 2.89. The van der Waals surface area contributed by atoms with Gasteiger partial charge in [-0.1, -0.05) is 23.7 Å². The molecule has 0 saturated carbocycles. The highest BCUT2D eigenvalue weighted by Crippen LogP contribution is 2.19. The first-order chi connectivity index (χ1) is 9.38. The third-order valence-electron chi connectivity index (χ3n) is 2.63. The van der Waals surface area contributed by atoms with E-state index in [-0.39, 0.29) is 16.6 Å². The molecule has 1 aromatic carbocycles. The van der Waals surface area contributed by atoms with Gasteiger partial charge in [-0.25, -0.2) is 17.8 Å². The summed E-state index contributed by atoms with van der Waals surface area (Å²) in [6.45, 7) is 0.228. The Hall–Kier alpha value is -1.66. The number of nitrogens with zero attached hydrogens (tertiary/aromatic N) is 1. The summed E-state index contributed by atoms with van der Waals surface area (Å²) in [6, 6.07) is 7.72. The maximum absolute atomic E-state index is 13.7. The van der Waals surface area contributed by atoms with Crippen LogP contribution in [-0.2, 0) is 16.4 Å². The van der Waals surface area contributed by atoms with E-state index in [0.29, 0.717) is 11.3 Å². The first-order valence-electron chi connectivity index (χ1n) is 5.71. The van der Waals surface area contributed by atoms with Crippen LogP contribution in [0.2, 0.25) is 5.02 Å². The zero-order valence-electron chi connectivity index (χ0n) is 10.6. The fourth-order valence-electron chi connectivity index (χ4n) is 1.59. The summed E-state index contributed by atoms with van der Waals surface area (Å²) in [4.78, 5) is 3.83. The van der Waals surface area contributed by atoms with E-state index in [1.807, 2.05) is 0 Å². The molecule has 0 unspecified atom stereocenters. The number of halogens is 2. The Kier molecular flexibility index (Phi) is 4.25. The molecule has 0 aliphatic heterocycles. The van der Waals surface area contributed by atoms with Gasteiger partial charge in [-0.2, -0.15) is 0 Å². The van der Waals surface area contributed by atoms with Crippen LogP contribution in [-0.4, -0.2) is 19.7 Å². The monoisotopic (exact) mass is 314 g/mol. The van der Waals surface area contributed by atoms with Crippen molar-refractivity contribution in [3.63, 3.8) is 0 Å². The second-order valence-corrected chi connectivity index (χ2v) is 6.59. The van der Waals surface area contributed by atoms with Gasteiger partial charge in [0.05, 0.1) is 16.9 Å². The first-order valence-corrected chi connectivity index (χ1v) is 7.98. The van der Waals surface area contributed by atoms with Gasteiger partial charge in [-0.05, 0) is 18.2 Å². The van der Waals surface area contributed by atoms with Crippen LogP contribution in [0.15, 0.2) is 41.6 Å². The minimum Gasteiger partial charge on any atom is -0.380 e. The molecule has 7 heteroatoms. The number of nitrogens with one attached hydrogen (secondary N) is 1. The number of sulfone groups is 1. The second kappa shape index (κ2) is 5.76. The quantitative estimate of drug-likeness (QED) is 0.942. The number of hydrogen-bond donors (Lipinski definition) is 1. The molecule has 0 radical (unpaired) electrons. The van der Waals surface area contributed by atoms with Gasteiger partial charge < -0.3 is 5.32 Å². The number of hydrogen-bond acceptors (Lipinski definition) is 4. The number of pyridine rings is 1. The largest absolute Gasteiger partial charge is 0.380 e. The highest BCUT2D eigenvalue weighted by molar-refractivity contribution is 7.90. The summed E-state index contributed by atoms with van der Waals surface area (Å²) in [5, 5.41) is 3.01. The topological polar surface area (TPSA) is 59.1 Å². The Bertz CT molecular complexity index is 718.